The molecule has 1 atom stereocenters. The fourth-order valence-electron chi connectivity index (χ4n) is 2.52. The summed E-state index contributed by atoms with van der Waals surface area (Å²) in [5, 5.41) is 3.45. The Balaban J connectivity index is 2.16. The molecule has 0 saturated carbocycles. The van der Waals surface area contributed by atoms with Gasteiger partial charge in [-0.05, 0) is 33.9 Å². The Morgan fingerprint density at radius 1 is 1.30 bits per heavy atom. The van der Waals surface area contributed by atoms with Crippen LogP contribution in [0, 0.1) is 13.8 Å². The van der Waals surface area contributed by atoms with Crippen LogP contribution >= 0.6 is 11.8 Å². The second-order valence-corrected chi connectivity index (χ2v) is 6.63. The van der Waals surface area contributed by atoms with E-state index in [0.29, 0.717) is 6.04 Å². The summed E-state index contributed by atoms with van der Waals surface area (Å²) in [5.41, 5.74) is 3.51. The maximum atomic E-state index is 4.78. The molecule has 0 aliphatic carbocycles. The molecular weight excluding hydrogens is 268 g/mol. The van der Waals surface area contributed by atoms with Gasteiger partial charge in [0, 0.05) is 41.5 Å². The largest absolute Gasteiger partial charge is 0.313 e. The molecule has 0 amide bonds. The molecule has 2 rings (SSSR count). The lowest BCUT2D eigenvalue weighted by Gasteiger charge is -2.31. The fraction of sp³-hybridized carbons (Fsp3) is 0.733. The second-order valence-electron chi connectivity index (χ2n) is 5.48. The van der Waals surface area contributed by atoms with E-state index in [0.717, 1.165) is 49.0 Å². The van der Waals surface area contributed by atoms with E-state index < -0.39 is 0 Å². The van der Waals surface area contributed by atoms with Crippen LogP contribution in [-0.4, -0.2) is 46.5 Å². The van der Waals surface area contributed by atoms with Crippen molar-refractivity contribution in [3.8, 4) is 0 Å². The normalized spacial score (nSPS) is 20.3. The number of hydrogen-bond donors (Lipinski definition) is 1. The first kappa shape index (κ1) is 15.7. The van der Waals surface area contributed by atoms with E-state index in [1.165, 1.54) is 11.3 Å². The highest BCUT2D eigenvalue weighted by atomic mass is 32.2. The smallest absolute Gasteiger partial charge is 0.146 e. The Morgan fingerprint density at radius 3 is 2.60 bits per heavy atom. The highest BCUT2D eigenvalue weighted by Crippen LogP contribution is 2.26. The van der Waals surface area contributed by atoms with E-state index in [-0.39, 0.29) is 0 Å². The number of aryl methyl sites for hydroxylation is 2. The SMILES string of the molecule is CCCNCc1c(C)nc(C2CSCCN2C)nc1C. The second kappa shape index (κ2) is 7.38. The number of nitrogens with one attached hydrogen (secondary N) is 1. The summed E-state index contributed by atoms with van der Waals surface area (Å²) < 4.78 is 0. The number of rotatable bonds is 5. The third-order valence-electron chi connectivity index (χ3n) is 3.86. The molecule has 1 unspecified atom stereocenters. The van der Waals surface area contributed by atoms with Crippen LogP contribution < -0.4 is 5.32 Å². The van der Waals surface area contributed by atoms with Gasteiger partial charge in [0.25, 0.3) is 0 Å². The lowest BCUT2D eigenvalue weighted by Crippen LogP contribution is -2.34. The molecule has 1 aromatic heterocycles. The fourth-order valence-corrected chi connectivity index (χ4v) is 3.73. The van der Waals surface area contributed by atoms with Crippen molar-refractivity contribution < 1.29 is 0 Å². The summed E-state index contributed by atoms with van der Waals surface area (Å²) in [4.78, 5) is 11.9. The van der Waals surface area contributed by atoms with Crippen LogP contribution in [0.4, 0.5) is 0 Å². The standard InChI is InChI=1S/C15H26N4S/c1-5-6-16-9-13-11(2)17-15(18-12(13)3)14-10-20-8-7-19(14)4/h14,16H,5-10H2,1-4H3. The van der Waals surface area contributed by atoms with Crippen molar-refractivity contribution in [3.05, 3.63) is 22.8 Å². The Hall–Kier alpha value is -0.650. The Morgan fingerprint density at radius 2 is 2.00 bits per heavy atom. The quantitative estimate of drug-likeness (QED) is 0.844. The van der Waals surface area contributed by atoms with Crippen molar-refractivity contribution >= 4 is 11.8 Å². The predicted molar refractivity (Wildman–Crippen MR) is 86.2 cm³/mol. The van der Waals surface area contributed by atoms with Crippen LogP contribution in [-0.2, 0) is 6.54 Å². The van der Waals surface area contributed by atoms with E-state index in [4.69, 9.17) is 9.97 Å². The molecular formula is C15H26N4S. The summed E-state index contributed by atoms with van der Waals surface area (Å²) in [7, 11) is 2.18. The van der Waals surface area contributed by atoms with E-state index in [2.05, 4.69) is 38.0 Å². The van der Waals surface area contributed by atoms with Gasteiger partial charge >= 0.3 is 0 Å². The van der Waals surface area contributed by atoms with Crippen LogP contribution in [0.1, 0.15) is 42.2 Å². The number of thioether (sulfide) groups is 1. The van der Waals surface area contributed by atoms with Crippen LogP contribution in [0.2, 0.25) is 0 Å². The number of hydrogen-bond acceptors (Lipinski definition) is 5. The summed E-state index contributed by atoms with van der Waals surface area (Å²) in [6.07, 6.45) is 1.15. The first-order valence-corrected chi connectivity index (χ1v) is 8.61. The Kier molecular flexibility index (Phi) is 5.81. The maximum absolute atomic E-state index is 4.78. The van der Waals surface area contributed by atoms with E-state index in [1.807, 2.05) is 11.8 Å². The first-order chi connectivity index (χ1) is 9.63. The zero-order valence-corrected chi connectivity index (χ0v) is 13.9. The number of nitrogens with zero attached hydrogens (tertiary/aromatic N) is 3. The zero-order valence-electron chi connectivity index (χ0n) is 13.1. The minimum Gasteiger partial charge on any atom is -0.313 e. The van der Waals surface area contributed by atoms with Crippen LogP contribution in [0.3, 0.4) is 0 Å². The van der Waals surface area contributed by atoms with Gasteiger partial charge in [0.1, 0.15) is 5.82 Å². The van der Waals surface area contributed by atoms with E-state index in [1.54, 1.807) is 0 Å². The van der Waals surface area contributed by atoms with Crippen molar-refractivity contribution in [2.24, 2.45) is 0 Å². The summed E-state index contributed by atoms with van der Waals surface area (Å²) in [6.45, 7) is 9.44. The monoisotopic (exact) mass is 294 g/mol. The molecule has 0 spiro atoms. The minimum atomic E-state index is 0.365. The lowest BCUT2D eigenvalue weighted by atomic mass is 10.1. The van der Waals surface area contributed by atoms with Crippen molar-refractivity contribution in [2.45, 2.75) is 39.8 Å². The van der Waals surface area contributed by atoms with Gasteiger partial charge in [-0.25, -0.2) is 9.97 Å². The topological polar surface area (TPSA) is 41.1 Å². The Labute approximate surface area is 126 Å². The number of aromatic nitrogens is 2. The first-order valence-electron chi connectivity index (χ1n) is 7.46. The molecule has 2 heterocycles. The molecule has 5 heteroatoms. The van der Waals surface area contributed by atoms with Gasteiger partial charge in [-0.2, -0.15) is 11.8 Å². The van der Waals surface area contributed by atoms with Gasteiger partial charge in [-0.3, -0.25) is 4.90 Å². The molecule has 112 valence electrons. The predicted octanol–water partition coefficient (Wildman–Crippen LogP) is 2.31. The van der Waals surface area contributed by atoms with Gasteiger partial charge in [0.05, 0.1) is 6.04 Å². The molecule has 20 heavy (non-hydrogen) atoms. The highest BCUT2D eigenvalue weighted by Gasteiger charge is 2.24. The van der Waals surface area contributed by atoms with E-state index in [9.17, 15) is 0 Å². The van der Waals surface area contributed by atoms with Gasteiger partial charge in [-0.1, -0.05) is 6.92 Å². The van der Waals surface area contributed by atoms with Crippen LogP contribution in [0.15, 0.2) is 0 Å². The van der Waals surface area contributed by atoms with Gasteiger partial charge < -0.3 is 5.32 Å². The van der Waals surface area contributed by atoms with Gasteiger partial charge in [-0.15, -0.1) is 0 Å². The summed E-state index contributed by atoms with van der Waals surface area (Å²) in [6, 6.07) is 0.365. The molecule has 4 nitrogen and oxygen atoms in total. The maximum Gasteiger partial charge on any atom is 0.146 e. The summed E-state index contributed by atoms with van der Waals surface area (Å²) >= 11 is 2.00. The molecule has 1 fully saturated rings. The van der Waals surface area contributed by atoms with Crippen molar-refractivity contribution in [1.29, 1.82) is 0 Å². The average Bonchev–Trinajstić information content (AvgIpc) is 2.42. The average molecular weight is 294 g/mol. The lowest BCUT2D eigenvalue weighted by molar-refractivity contribution is 0.263. The van der Waals surface area contributed by atoms with Gasteiger partial charge in [0.15, 0.2) is 0 Å². The Bertz CT molecular complexity index is 426. The molecule has 0 radical (unpaired) electrons. The molecule has 1 aliphatic heterocycles. The molecule has 1 aromatic rings. The molecule has 1 N–H and O–H groups in total. The van der Waals surface area contributed by atoms with Crippen molar-refractivity contribution in [2.75, 3.05) is 31.6 Å². The molecule has 0 bridgehead atoms. The third-order valence-corrected chi connectivity index (χ3v) is 4.88. The van der Waals surface area contributed by atoms with Crippen LogP contribution in [0.25, 0.3) is 0 Å². The van der Waals surface area contributed by atoms with E-state index >= 15 is 0 Å². The molecule has 1 saturated heterocycles. The minimum absolute atomic E-state index is 0.365. The zero-order chi connectivity index (χ0) is 14.5. The van der Waals surface area contributed by atoms with Gasteiger partial charge in [0.2, 0.25) is 0 Å². The third kappa shape index (κ3) is 3.71. The highest BCUT2D eigenvalue weighted by molar-refractivity contribution is 7.99. The molecule has 1 aliphatic rings. The van der Waals surface area contributed by atoms with Crippen LogP contribution in [0.5, 0.6) is 0 Å². The van der Waals surface area contributed by atoms with Crippen molar-refractivity contribution in [1.82, 2.24) is 20.2 Å². The van der Waals surface area contributed by atoms with Crippen molar-refractivity contribution in [3.63, 3.8) is 0 Å². The summed E-state index contributed by atoms with van der Waals surface area (Å²) in [5.74, 6) is 3.31. The molecule has 0 aromatic carbocycles.